The maximum absolute atomic E-state index is 13.1. The van der Waals surface area contributed by atoms with Gasteiger partial charge in [-0.1, -0.05) is 37.3 Å². The molecule has 98 valence electrons. The highest BCUT2D eigenvalue weighted by molar-refractivity contribution is 5.98. The van der Waals surface area contributed by atoms with Crippen molar-refractivity contribution in [2.45, 2.75) is 19.8 Å². The van der Waals surface area contributed by atoms with Crippen molar-refractivity contribution in [2.24, 2.45) is 0 Å². The minimum absolute atomic E-state index is 0.0776. The third kappa shape index (κ3) is 3.05. The molecule has 0 aliphatic rings. The summed E-state index contributed by atoms with van der Waals surface area (Å²) in [4.78, 5) is 12.2. The van der Waals surface area contributed by atoms with Gasteiger partial charge in [0.25, 0.3) is 0 Å². The fourth-order valence-electron chi connectivity index (χ4n) is 2.03. The summed E-state index contributed by atoms with van der Waals surface area (Å²) < 4.78 is 25.9. The molecule has 0 aliphatic carbocycles. The van der Waals surface area contributed by atoms with Crippen LogP contribution in [0.3, 0.4) is 0 Å². The Bertz CT molecular complexity index is 605. The van der Waals surface area contributed by atoms with Gasteiger partial charge in [-0.05, 0) is 29.7 Å². The Hall–Kier alpha value is -2.03. The number of halogens is 2. The highest BCUT2D eigenvalue weighted by Crippen LogP contribution is 2.15. The summed E-state index contributed by atoms with van der Waals surface area (Å²) in [5, 5.41) is 0. The maximum Gasteiger partial charge on any atom is 0.167 e. The third-order valence-electron chi connectivity index (χ3n) is 3.05. The van der Waals surface area contributed by atoms with Crippen molar-refractivity contribution in [3.8, 4) is 0 Å². The largest absolute Gasteiger partial charge is 0.294 e. The second-order valence-electron chi connectivity index (χ2n) is 4.36. The molecule has 0 fully saturated rings. The molecule has 0 aromatic heterocycles. The number of rotatable bonds is 4. The molecule has 0 amide bonds. The first-order valence-corrected chi connectivity index (χ1v) is 6.17. The molecule has 0 bridgehead atoms. The van der Waals surface area contributed by atoms with Crippen LogP contribution in [0.5, 0.6) is 0 Å². The second kappa shape index (κ2) is 5.74. The summed E-state index contributed by atoms with van der Waals surface area (Å²) >= 11 is 0. The average Bonchev–Trinajstić information content (AvgIpc) is 2.43. The predicted molar refractivity (Wildman–Crippen MR) is 70.2 cm³/mol. The fraction of sp³-hybridized carbons (Fsp3) is 0.188. The summed E-state index contributed by atoms with van der Waals surface area (Å²) in [6.45, 7) is 1.98. The van der Waals surface area contributed by atoms with Gasteiger partial charge in [-0.25, -0.2) is 8.78 Å². The first kappa shape index (κ1) is 13.4. The topological polar surface area (TPSA) is 17.1 Å². The van der Waals surface area contributed by atoms with Crippen LogP contribution in [-0.4, -0.2) is 5.78 Å². The molecular weight excluding hydrogens is 246 g/mol. The number of carbonyl (C=O) groups is 1. The van der Waals surface area contributed by atoms with Crippen LogP contribution in [0.1, 0.15) is 28.4 Å². The molecule has 2 rings (SSSR count). The molecule has 0 spiro atoms. The van der Waals surface area contributed by atoms with Gasteiger partial charge in [0.05, 0.1) is 0 Å². The van der Waals surface area contributed by atoms with Gasteiger partial charge < -0.3 is 0 Å². The first-order chi connectivity index (χ1) is 9.11. The maximum atomic E-state index is 13.1. The van der Waals surface area contributed by atoms with Crippen LogP contribution in [0.15, 0.2) is 42.5 Å². The highest BCUT2D eigenvalue weighted by atomic mass is 19.2. The molecule has 2 aromatic carbocycles. The average molecular weight is 260 g/mol. The van der Waals surface area contributed by atoms with Crippen molar-refractivity contribution in [2.75, 3.05) is 0 Å². The standard InChI is InChI=1S/C16H14F2O/c1-2-12-5-3-4-6-13(12)16(19)10-11-7-8-14(17)15(18)9-11/h3-9H,2,10H2,1H3. The van der Waals surface area contributed by atoms with E-state index in [0.717, 1.165) is 24.1 Å². The molecule has 0 heterocycles. The van der Waals surface area contributed by atoms with E-state index in [4.69, 9.17) is 0 Å². The van der Waals surface area contributed by atoms with E-state index in [2.05, 4.69) is 0 Å². The van der Waals surface area contributed by atoms with Crippen LogP contribution < -0.4 is 0 Å². The molecular formula is C16H14F2O. The molecule has 0 N–H and O–H groups in total. The monoisotopic (exact) mass is 260 g/mol. The molecule has 0 saturated carbocycles. The van der Waals surface area contributed by atoms with Gasteiger partial charge in [0.15, 0.2) is 17.4 Å². The lowest BCUT2D eigenvalue weighted by atomic mass is 9.97. The number of ketones is 1. The predicted octanol–water partition coefficient (Wildman–Crippen LogP) is 3.95. The molecule has 0 saturated heterocycles. The van der Waals surface area contributed by atoms with Gasteiger partial charge in [-0.2, -0.15) is 0 Å². The normalized spacial score (nSPS) is 10.5. The Morgan fingerprint density at radius 1 is 1.05 bits per heavy atom. The summed E-state index contributed by atoms with van der Waals surface area (Å²) in [6, 6.07) is 10.9. The SMILES string of the molecule is CCc1ccccc1C(=O)Cc1ccc(F)c(F)c1. The number of aryl methyl sites for hydroxylation is 1. The van der Waals surface area contributed by atoms with E-state index in [1.165, 1.54) is 6.07 Å². The van der Waals surface area contributed by atoms with Gasteiger partial charge >= 0.3 is 0 Å². The van der Waals surface area contributed by atoms with E-state index in [1.54, 1.807) is 12.1 Å². The van der Waals surface area contributed by atoms with Crippen molar-refractivity contribution in [1.82, 2.24) is 0 Å². The zero-order valence-electron chi connectivity index (χ0n) is 10.6. The van der Waals surface area contributed by atoms with Gasteiger partial charge in [0.2, 0.25) is 0 Å². The van der Waals surface area contributed by atoms with E-state index in [-0.39, 0.29) is 12.2 Å². The Kier molecular flexibility index (Phi) is 4.05. The Balaban J connectivity index is 2.23. The molecule has 19 heavy (non-hydrogen) atoms. The number of carbonyl (C=O) groups excluding carboxylic acids is 1. The lowest BCUT2D eigenvalue weighted by molar-refractivity contribution is 0.0992. The summed E-state index contributed by atoms with van der Waals surface area (Å²) in [5.74, 6) is -1.90. The van der Waals surface area contributed by atoms with E-state index >= 15 is 0 Å². The van der Waals surface area contributed by atoms with Gasteiger partial charge in [0, 0.05) is 12.0 Å². The van der Waals surface area contributed by atoms with Crippen LogP contribution in [0.25, 0.3) is 0 Å². The Morgan fingerprint density at radius 3 is 2.47 bits per heavy atom. The third-order valence-corrected chi connectivity index (χ3v) is 3.05. The van der Waals surface area contributed by atoms with Crippen molar-refractivity contribution < 1.29 is 13.6 Å². The highest BCUT2D eigenvalue weighted by Gasteiger charge is 2.12. The molecule has 0 atom stereocenters. The zero-order chi connectivity index (χ0) is 13.8. The fourth-order valence-corrected chi connectivity index (χ4v) is 2.03. The van der Waals surface area contributed by atoms with Crippen molar-refractivity contribution in [1.29, 1.82) is 0 Å². The first-order valence-electron chi connectivity index (χ1n) is 6.17. The number of benzene rings is 2. The molecule has 0 aliphatic heterocycles. The van der Waals surface area contributed by atoms with E-state index in [1.807, 2.05) is 19.1 Å². The van der Waals surface area contributed by atoms with Gasteiger partial charge in [0.1, 0.15) is 0 Å². The van der Waals surface area contributed by atoms with E-state index in [9.17, 15) is 13.6 Å². The molecule has 3 heteroatoms. The van der Waals surface area contributed by atoms with E-state index in [0.29, 0.717) is 11.1 Å². The van der Waals surface area contributed by atoms with Crippen LogP contribution >= 0.6 is 0 Å². The molecule has 0 unspecified atom stereocenters. The Morgan fingerprint density at radius 2 is 1.79 bits per heavy atom. The van der Waals surface area contributed by atoms with Gasteiger partial charge in [-0.3, -0.25) is 4.79 Å². The van der Waals surface area contributed by atoms with Crippen molar-refractivity contribution in [3.05, 3.63) is 70.8 Å². The minimum Gasteiger partial charge on any atom is -0.294 e. The van der Waals surface area contributed by atoms with Crippen LogP contribution in [0.2, 0.25) is 0 Å². The van der Waals surface area contributed by atoms with Crippen molar-refractivity contribution >= 4 is 5.78 Å². The second-order valence-corrected chi connectivity index (χ2v) is 4.36. The number of hydrogen-bond donors (Lipinski definition) is 0. The van der Waals surface area contributed by atoms with Crippen LogP contribution in [-0.2, 0) is 12.8 Å². The lowest BCUT2D eigenvalue weighted by Crippen LogP contribution is -2.07. The van der Waals surface area contributed by atoms with E-state index < -0.39 is 11.6 Å². The minimum atomic E-state index is -0.922. The van der Waals surface area contributed by atoms with Crippen LogP contribution in [0, 0.1) is 11.6 Å². The summed E-state index contributed by atoms with van der Waals surface area (Å²) in [5.41, 5.74) is 2.10. The lowest BCUT2D eigenvalue weighted by Gasteiger charge is -2.07. The molecule has 0 radical (unpaired) electrons. The number of Topliss-reactive ketones (excluding diaryl/α,β-unsaturated/α-hetero) is 1. The van der Waals surface area contributed by atoms with Gasteiger partial charge in [-0.15, -0.1) is 0 Å². The smallest absolute Gasteiger partial charge is 0.167 e. The van der Waals surface area contributed by atoms with Crippen molar-refractivity contribution in [3.63, 3.8) is 0 Å². The summed E-state index contributed by atoms with van der Waals surface area (Å²) in [6.07, 6.45) is 0.841. The van der Waals surface area contributed by atoms with Crippen LogP contribution in [0.4, 0.5) is 8.78 Å². The molecule has 1 nitrogen and oxygen atoms in total. The summed E-state index contributed by atoms with van der Waals surface area (Å²) in [7, 11) is 0. The number of hydrogen-bond acceptors (Lipinski definition) is 1. The quantitative estimate of drug-likeness (QED) is 0.761. The Labute approximate surface area is 110 Å². The molecule has 2 aromatic rings. The zero-order valence-corrected chi connectivity index (χ0v) is 10.6.